The minimum absolute atomic E-state index is 0.00400. The molecule has 14 heavy (non-hydrogen) atoms. The van der Waals surface area contributed by atoms with Crippen LogP contribution in [0.15, 0.2) is 12.7 Å². The summed E-state index contributed by atoms with van der Waals surface area (Å²) < 4.78 is 25.9. The van der Waals surface area contributed by atoms with Gasteiger partial charge < -0.3 is 13.8 Å². The highest BCUT2D eigenvalue weighted by Crippen LogP contribution is 2.46. The quantitative estimate of drug-likeness (QED) is 0.372. The van der Waals surface area contributed by atoms with E-state index in [2.05, 4.69) is 11.3 Å². The summed E-state index contributed by atoms with van der Waals surface area (Å²) in [4.78, 5) is 10.6. The highest BCUT2D eigenvalue weighted by atomic mass is 31.2. The van der Waals surface area contributed by atoms with E-state index in [9.17, 15) is 9.36 Å². The van der Waals surface area contributed by atoms with Crippen LogP contribution < -0.4 is 0 Å². The van der Waals surface area contributed by atoms with Crippen LogP contribution in [0.5, 0.6) is 0 Å². The van der Waals surface area contributed by atoms with Gasteiger partial charge in [0.1, 0.15) is 6.61 Å². The molecule has 0 fully saturated rings. The van der Waals surface area contributed by atoms with Gasteiger partial charge in [0.05, 0.1) is 12.8 Å². The fourth-order valence-corrected chi connectivity index (χ4v) is 1.85. The lowest BCUT2D eigenvalue weighted by atomic mass is 10.6. The SMILES string of the molecule is C=CC(=O)OCCP(=O)(OC)OCC. The fourth-order valence-electron chi connectivity index (χ4n) is 0.722. The molecular formula is C8H15O5P. The summed E-state index contributed by atoms with van der Waals surface area (Å²) in [5.41, 5.74) is 0. The average molecular weight is 222 g/mol. The van der Waals surface area contributed by atoms with E-state index in [1.165, 1.54) is 7.11 Å². The van der Waals surface area contributed by atoms with E-state index in [1.54, 1.807) is 6.92 Å². The number of carbonyl (C=O) groups excluding carboxylic acids is 1. The smallest absolute Gasteiger partial charge is 0.333 e. The van der Waals surface area contributed by atoms with Crippen molar-refractivity contribution < 1.29 is 23.1 Å². The Balaban J connectivity index is 3.89. The predicted molar refractivity (Wildman–Crippen MR) is 52.3 cm³/mol. The van der Waals surface area contributed by atoms with Gasteiger partial charge in [-0.2, -0.15) is 0 Å². The van der Waals surface area contributed by atoms with Crippen molar-refractivity contribution in [3.05, 3.63) is 12.7 Å². The zero-order chi connectivity index (χ0) is 11.0. The third-order valence-corrected chi connectivity index (χ3v) is 3.32. The molecule has 0 aromatic rings. The lowest BCUT2D eigenvalue weighted by Crippen LogP contribution is -2.08. The third kappa shape index (κ3) is 5.17. The van der Waals surface area contributed by atoms with Gasteiger partial charge in [0.15, 0.2) is 0 Å². The first kappa shape index (κ1) is 13.4. The first-order valence-corrected chi connectivity index (χ1v) is 5.89. The van der Waals surface area contributed by atoms with Gasteiger partial charge >= 0.3 is 13.6 Å². The maximum Gasteiger partial charge on any atom is 0.333 e. The number of esters is 1. The summed E-state index contributed by atoms with van der Waals surface area (Å²) in [5.74, 6) is -0.552. The van der Waals surface area contributed by atoms with Crippen LogP contribution in [-0.2, 0) is 23.1 Å². The summed E-state index contributed by atoms with van der Waals surface area (Å²) in [7, 11) is -1.78. The van der Waals surface area contributed by atoms with E-state index in [-0.39, 0.29) is 12.8 Å². The van der Waals surface area contributed by atoms with Crippen LogP contribution in [0.25, 0.3) is 0 Å². The van der Waals surface area contributed by atoms with Crippen molar-refractivity contribution in [1.82, 2.24) is 0 Å². The Kier molecular flexibility index (Phi) is 6.45. The molecule has 0 aliphatic heterocycles. The monoisotopic (exact) mass is 222 g/mol. The Labute approximate surface area is 83.6 Å². The zero-order valence-corrected chi connectivity index (χ0v) is 9.29. The number of carbonyl (C=O) groups is 1. The highest BCUT2D eigenvalue weighted by molar-refractivity contribution is 7.53. The summed E-state index contributed by atoms with van der Waals surface area (Å²) >= 11 is 0. The van der Waals surface area contributed by atoms with E-state index in [0.29, 0.717) is 6.61 Å². The molecule has 0 amide bonds. The largest absolute Gasteiger partial charge is 0.462 e. The van der Waals surface area contributed by atoms with Crippen LogP contribution in [0, 0.1) is 0 Å². The van der Waals surface area contributed by atoms with Crippen LogP contribution >= 0.6 is 7.60 Å². The lowest BCUT2D eigenvalue weighted by Gasteiger charge is -2.14. The average Bonchev–Trinajstić information content (AvgIpc) is 2.18. The molecule has 0 aliphatic carbocycles. The van der Waals surface area contributed by atoms with Crippen LogP contribution in [-0.4, -0.2) is 32.5 Å². The van der Waals surface area contributed by atoms with E-state index < -0.39 is 13.6 Å². The maximum absolute atomic E-state index is 11.6. The summed E-state index contributed by atoms with van der Waals surface area (Å²) in [6, 6.07) is 0. The van der Waals surface area contributed by atoms with Crippen molar-refractivity contribution in [1.29, 1.82) is 0 Å². The molecule has 1 unspecified atom stereocenters. The normalized spacial score (nSPS) is 14.4. The van der Waals surface area contributed by atoms with E-state index in [1.807, 2.05) is 0 Å². The van der Waals surface area contributed by atoms with E-state index >= 15 is 0 Å². The Morgan fingerprint density at radius 3 is 2.64 bits per heavy atom. The van der Waals surface area contributed by atoms with Gasteiger partial charge in [-0.15, -0.1) is 0 Å². The molecule has 0 spiro atoms. The molecule has 0 radical (unpaired) electrons. The van der Waals surface area contributed by atoms with Gasteiger partial charge in [0.2, 0.25) is 0 Å². The van der Waals surface area contributed by atoms with Gasteiger partial charge in [-0.1, -0.05) is 6.58 Å². The van der Waals surface area contributed by atoms with Gasteiger partial charge in [-0.3, -0.25) is 4.57 Å². The standard InChI is InChI=1S/C8H15O5P/c1-4-8(9)12-6-7-14(10,11-3)13-5-2/h4H,1,5-7H2,2-3H3. The number of hydrogen-bond donors (Lipinski definition) is 0. The lowest BCUT2D eigenvalue weighted by molar-refractivity contribution is -0.137. The zero-order valence-electron chi connectivity index (χ0n) is 8.39. The van der Waals surface area contributed by atoms with E-state index in [4.69, 9.17) is 9.05 Å². The molecule has 82 valence electrons. The molecule has 0 N–H and O–H groups in total. The molecule has 0 saturated heterocycles. The van der Waals surface area contributed by atoms with Crippen LogP contribution in [0.1, 0.15) is 6.92 Å². The fraction of sp³-hybridized carbons (Fsp3) is 0.625. The molecule has 5 nitrogen and oxygen atoms in total. The minimum Gasteiger partial charge on any atom is -0.462 e. The van der Waals surface area contributed by atoms with Crippen molar-refractivity contribution in [3.8, 4) is 0 Å². The Morgan fingerprint density at radius 1 is 1.57 bits per heavy atom. The second-order valence-electron chi connectivity index (χ2n) is 2.31. The highest BCUT2D eigenvalue weighted by Gasteiger charge is 2.22. The maximum atomic E-state index is 11.6. The molecule has 0 heterocycles. The molecule has 0 rings (SSSR count). The van der Waals surface area contributed by atoms with Gasteiger partial charge in [-0.25, -0.2) is 4.79 Å². The third-order valence-electron chi connectivity index (χ3n) is 1.38. The van der Waals surface area contributed by atoms with Crippen molar-refractivity contribution >= 4 is 13.6 Å². The van der Waals surface area contributed by atoms with Gasteiger partial charge in [0, 0.05) is 13.2 Å². The molecule has 0 aliphatic rings. The number of hydrogen-bond acceptors (Lipinski definition) is 5. The van der Waals surface area contributed by atoms with Crippen molar-refractivity contribution in [2.75, 3.05) is 26.5 Å². The molecular weight excluding hydrogens is 207 g/mol. The minimum atomic E-state index is -3.08. The van der Waals surface area contributed by atoms with Crippen LogP contribution in [0.4, 0.5) is 0 Å². The van der Waals surface area contributed by atoms with Gasteiger partial charge in [-0.05, 0) is 6.92 Å². The molecule has 1 atom stereocenters. The molecule has 0 saturated carbocycles. The molecule has 0 aromatic carbocycles. The summed E-state index contributed by atoms with van der Waals surface area (Å²) in [5, 5.41) is 0. The summed E-state index contributed by atoms with van der Waals surface area (Å²) in [6.07, 6.45) is 1.09. The Morgan fingerprint density at radius 2 is 2.21 bits per heavy atom. The molecule has 0 bridgehead atoms. The Hall–Kier alpha value is -0.640. The topological polar surface area (TPSA) is 61.8 Å². The van der Waals surface area contributed by atoms with Crippen LogP contribution in [0.2, 0.25) is 0 Å². The number of ether oxygens (including phenoxy) is 1. The van der Waals surface area contributed by atoms with Crippen LogP contribution in [0.3, 0.4) is 0 Å². The number of rotatable bonds is 7. The summed E-state index contributed by atoms with van der Waals surface area (Å²) in [6.45, 7) is 5.22. The molecule has 6 heteroatoms. The van der Waals surface area contributed by atoms with Crippen molar-refractivity contribution in [2.45, 2.75) is 6.92 Å². The van der Waals surface area contributed by atoms with Gasteiger partial charge in [0.25, 0.3) is 0 Å². The van der Waals surface area contributed by atoms with Crippen molar-refractivity contribution in [3.63, 3.8) is 0 Å². The second-order valence-corrected chi connectivity index (χ2v) is 4.60. The molecule has 0 aromatic heterocycles. The second kappa shape index (κ2) is 6.76. The first-order chi connectivity index (χ1) is 6.58. The van der Waals surface area contributed by atoms with Crippen molar-refractivity contribution in [2.24, 2.45) is 0 Å². The van der Waals surface area contributed by atoms with E-state index in [0.717, 1.165) is 6.08 Å². The Bertz CT molecular complexity index is 238. The first-order valence-electron chi connectivity index (χ1n) is 4.16. The predicted octanol–water partition coefficient (Wildman–Crippen LogP) is 1.59.